The summed E-state index contributed by atoms with van der Waals surface area (Å²) in [5.74, 6) is 0.0768. The molecule has 0 spiro atoms. The number of methoxy groups -OCH3 is 1. The zero-order chi connectivity index (χ0) is 13.5. The van der Waals surface area contributed by atoms with Gasteiger partial charge in [0, 0.05) is 37.0 Å². The van der Waals surface area contributed by atoms with Crippen LogP contribution in [0.2, 0.25) is 0 Å². The number of amides is 1. The third-order valence-corrected chi connectivity index (χ3v) is 4.46. The van der Waals surface area contributed by atoms with Gasteiger partial charge in [-0.05, 0) is 31.2 Å². The van der Waals surface area contributed by atoms with E-state index in [0.29, 0.717) is 13.2 Å². The molecule has 0 aliphatic heterocycles. The van der Waals surface area contributed by atoms with Crippen molar-refractivity contribution in [2.75, 3.05) is 33.4 Å². The Bertz CT molecular complexity index is 418. The van der Waals surface area contributed by atoms with Crippen molar-refractivity contribution in [2.24, 2.45) is 0 Å². The van der Waals surface area contributed by atoms with Crippen LogP contribution in [0.25, 0.3) is 0 Å². The number of fused-ring (bicyclic) bond motifs is 1. The van der Waals surface area contributed by atoms with Crippen molar-refractivity contribution < 1.29 is 9.53 Å². The van der Waals surface area contributed by atoms with E-state index in [1.165, 1.54) is 23.3 Å². The lowest BCUT2D eigenvalue weighted by atomic mass is 9.96. The molecule has 1 aliphatic carbocycles. The second kappa shape index (κ2) is 7.62. The number of rotatable bonds is 7. The second-order valence-corrected chi connectivity index (χ2v) is 5.72. The molecule has 5 heteroatoms. The van der Waals surface area contributed by atoms with E-state index < -0.39 is 0 Å². The van der Waals surface area contributed by atoms with E-state index in [0.717, 1.165) is 31.5 Å². The van der Waals surface area contributed by atoms with Crippen LogP contribution in [-0.2, 0) is 17.6 Å². The van der Waals surface area contributed by atoms with Crippen molar-refractivity contribution in [1.29, 1.82) is 0 Å². The predicted octanol–water partition coefficient (Wildman–Crippen LogP) is 1.59. The van der Waals surface area contributed by atoms with Crippen LogP contribution < -0.4 is 10.6 Å². The maximum atomic E-state index is 12.1. The van der Waals surface area contributed by atoms with E-state index >= 15 is 0 Å². The number of hydrogen-bond acceptors (Lipinski definition) is 4. The van der Waals surface area contributed by atoms with Gasteiger partial charge >= 0.3 is 0 Å². The minimum absolute atomic E-state index is 0.0768. The molecule has 0 radical (unpaired) electrons. The zero-order valence-electron chi connectivity index (χ0n) is 11.5. The molecule has 1 aromatic heterocycles. The number of ether oxygens (including phenoxy) is 1. The maximum absolute atomic E-state index is 12.1. The van der Waals surface area contributed by atoms with Crippen molar-refractivity contribution in [3.05, 3.63) is 21.4 Å². The lowest BCUT2D eigenvalue weighted by Crippen LogP contribution is -2.33. The van der Waals surface area contributed by atoms with Gasteiger partial charge in [0.2, 0.25) is 0 Å². The third-order valence-electron chi connectivity index (χ3n) is 3.38. The Balaban J connectivity index is 1.75. The first kappa shape index (κ1) is 14.5. The molecule has 0 fully saturated rings. The quantitative estimate of drug-likeness (QED) is 0.747. The highest BCUT2D eigenvalue weighted by atomic mass is 32.1. The number of aryl methyl sites for hydroxylation is 1. The summed E-state index contributed by atoms with van der Waals surface area (Å²) in [6.45, 7) is 2.96. The van der Waals surface area contributed by atoms with Gasteiger partial charge in [0.05, 0.1) is 12.2 Å². The molecule has 106 valence electrons. The Labute approximate surface area is 118 Å². The molecule has 1 heterocycles. The van der Waals surface area contributed by atoms with Crippen molar-refractivity contribution in [3.63, 3.8) is 0 Å². The van der Waals surface area contributed by atoms with Crippen LogP contribution in [-0.4, -0.2) is 39.3 Å². The SMILES string of the molecule is COCCNCCNC(=O)c1csc2c1CCCC2. The maximum Gasteiger partial charge on any atom is 0.252 e. The zero-order valence-corrected chi connectivity index (χ0v) is 12.3. The van der Waals surface area contributed by atoms with Crippen LogP contribution >= 0.6 is 11.3 Å². The summed E-state index contributed by atoms with van der Waals surface area (Å²) in [6, 6.07) is 0. The monoisotopic (exact) mass is 282 g/mol. The van der Waals surface area contributed by atoms with Gasteiger partial charge in [0.1, 0.15) is 0 Å². The molecular weight excluding hydrogens is 260 g/mol. The fraction of sp³-hybridized carbons (Fsp3) is 0.643. The summed E-state index contributed by atoms with van der Waals surface area (Å²) in [7, 11) is 1.68. The lowest BCUT2D eigenvalue weighted by Gasteiger charge is -2.12. The predicted molar refractivity (Wildman–Crippen MR) is 78.0 cm³/mol. The van der Waals surface area contributed by atoms with Gasteiger partial charge in [-0.3, -0.25) is 4.79 Å². The highest BCUT2D eigenvalue weighted by Crippen LogP contribution is 2.29. The normalized spacial score (nSPS) is 14.2. The number of hydrogen-bond donors (Lipinski definition) is 2. The van der Waals surface area contributed by atoms with Crippen molar-refractivity contribution in [1.82, 2.24) is 10.6 Å². The summed E-state index contributed by atoms with van der Waals surface area (Å²) in [4.78, 5) is 13.5. The van der Waals surface area contributed by atoms with Gasteiger partial charge in [0.15, 0.2) is 0 Å². The standard InChI is InChI=1S/C14H22N2O2S/c1-18-9-8-15-6-7-16-14(17)12-10-19-13-5-3-2-4-11(12)13/h10,15H,2-9H2,1H3,(H,16,17). The minimum Gasteiger partial charge on any atom is -0.383 e. The van der Waals surface area contributed by atoms with E-state index in [4.69, 9.17) is 4.74 Å². The summed E-state index contributed by atoms with van der Waals surface area (Å²) in [5, 5.41) is 8.21. The summed E-state index contributed by atoms with van der Waals surface area (Å²) in [5.41, 5.74) is 2.19. The molecule has 2 rings (SSSR count). The number of carbonyl (C=O) groups excluding carboxylic acids is 1. The van der Waals surface area contributed by atoms with Gasteiger partial charge < -0.3 is 15.4 Å². The van der Waals surface area contributed by atoms with Crippen LogP contribution in [0.1, 0.15) is 33.6 Å². The van der Waals surface area contributed by atoms with E-state index in [1.807, 2.05) is 5.38 Å². The molecule has 2 N–H and O–H groups in total. The first-order chi connectivity index (χ1) is 9.33. The molecule has 0 saturated carbocycles. The molecule has 0 saturated heterocycles. The van der Waals surface area contributed by atoms with E-state index in [-0.39, 0.29) is 5.91 Å². The van der Waals surface area contributed by atoms with Crippen LogP contribution in [0.4, 0.5) is 0 Å². The number of thiophene rings is 1. The average Bonchev–Trinajstić information content (AvgIpc) is 2.86. The smallest absolute Gasteiger partial charge is 0.252 e. The van der Waals surface area contributed by atoms with E-state index in [9.17, 15) is 4.79 Å². The first-order valence-electron chi connectivity index (χ1n) is 6.90. The van der Waals surface area contributed by atoms with Crippen LogP contribution in [0, 0.1) is 0 Å². The Kier molecular flexibility index (Phi) is 5.82. The second-order valence-electron chi connectivity index (χ2n) is 4.76. The first-order valence-corrected chi connectivity index (χ1v) is 7.78. The van der Waals surface area contributed by atoms with Crippen LogP contribution in [0.3, 0.4) is 0 Å². The topological polar surface area (TPSA) is 50.4 Å². The fourth-order valence-corrected chi connectivity index (χ4v) is 3.47. The molecule has 0 bridgehead atoms. The number of nitrogens with one attached hydrogen (secondary N) is 2. The van der Waals surface area contributed by atoms with E-state index in [1.54, 1.807) is 18.4 Å². The Hall–Kier alpha value is -0.910. The van der Waals surface area contributed by atoms with Gasteiger partial charge in [-0.15, -0.1) is 11.3 Å². The van der Waals surface area contributed by atoms with Gasteiger partial charge in [-0.2, -0.15) is 0 Å². The molecule has 0 aromatic carbocycles. The Morgan fingerprint density at radius 1 is 1.32 bits per heavy atom. The lowest BCUT2D eigenvalue weighted by molar-refractivity contribution is 0.0953. The van der Waals surface area contributed by atoms with Crippen molar-refractivity contribution in [2.45, 2.75) is 25.7 Å². The van der Waals surface area contributed by atoms with Crippen molar-refractivity contribution >= 4 is 17.2 Å². The highest BCUT2D eigenvalue weighted by molar-refractivity contribution is 7.10. The third kappa shape index (κ3) is 4.03. The summed E-state index contributed by atoms with van der Waals surface area (Å²) < 4.78 is 4.94. The average molecular weight is 282 g/mol. The fourth-order valence-electron chi connectivity index (χ4n) is 2.34. The summed E-state index contributed by atoms with van der Waals surface area (Å²) in [6.07, 6.45) is 4.68. The summed E-state index contributed by atoms with van der Waals surface area (Å²) >= 11 is 1.74. The van der Waals surface area contributed by atoms with Gasteiger partial charge in [0.25, 0.3) is 5.91 Å². The van der Waals surface area contributed by atoms with Crippen LogP contribution in [0.5, 0.6) is 0 Å². The minimum atomic E-state index is 0.0768. The van der Waals surface area contributed by atoms with Crippen molar-refractivity contribution in [3.8, 4) is 0 Å². The molecule has 1 amide bonds. The molecule has 19 heavy (non-hydrogen) atoms. The molecule has 1 aliphatic rings. The van der Waals surface area contributed by atoms with Gasteiger partial charge in [-0.25, -0.2) is 0 Å². The van der Waals surface area contributed by atoms with Gasteiger partial charge in [-0.1, -0.05) is 0 Å². The highest BCUT2D eigenvalue weighted by Gasteiger charge is 2.19. The molecular formula is C14H22N2O2S. The largest absolute Gasteiger partial charge is 0.383 e. The molecule has 0 unspecified atom stereocenters. The Morgan fingerprint density at radius 2 is 2.16 bits per heavy atom. The Morgan fingerprint density at radius 3 is 3.00 bits per heavy atom. The molecule has 1 aromatic rings. The molecule has 4 nitrogen and oxygen atoms in total. The number of carbonyl (C=O) groups is 1. The molecule has 0 atom stereocenters. The van der Waals surface area contributed by atoms with E-state index in [2.05, 4.69) is 10.6 Å². The van der Waals surface area contributed by atoms with Crippen LogP contribution in [0.15, 0.2) is 5.38 Å².